The molecule has 0 radical (unpaired) electrons. The summed E-state index contributed by atoms with van der Waals surface area (Å²) in [6.45, 7) is 2.77. The molecule has 6 heteroatoms. The zero-order valence-electron chi connectivity index (χ0n) is 14.7. The molecular formula is C18H23O4PS. The number of rotatable bonds is 5. The van der Waals surface area contributed by atoms with Crippen molar-refractivity contribution in [1.82, 2.24) is 0 Å². The molecule has 0 saturated heterocycles. The maximum atomic E-state index is 12.5. The second kappa shape index (κ2) is 7.30. The van der Waals surface area contributed by atoms with E-state index in [0.717, 1.165) is 16.3 Å². The van der Waals surface area contributed by atoms with Crippen LogP contribution in [0.2, 0.25) is 0 Å². The van der Waals surface area contributed by atoms with Crippen LogP contribution in [0.3, 0.4) is 0 Å². The molecule has 130 valence electrons. The first-order chi connectivity index (χ1) is 11.2. The zero-order chi connectivity index (χ0) is 18.0. The monoisotopic (exact) mass is 366 g/mol. The van der Waals surface area contributed by atoms with Gasteiger partial charge in [-0.3, -0.25) is 4.57 Å². The van der Waals surface area contributed by atoms with Gasteiger partial charge in [-0.25, -0.2) is 4.79 Å². The Morgan fingerprint density at radius 1 is 1.21 bits per heavy atom. The molecule has 0 saturated carbocycles. The number of ether oxygens (including phenoxy) is 1. The molecule has 2 rings (SSSR count). The number of benzene rings is 2. The lowest BCUT2D eigenvalue weighted by Gasteiger charge is -2.20. The number of carbonyl (C=O) groups excluding carboxylic acids is 1. The van der Waals surface area contributed by atoms with Gasteiger partial charge in [0, 0.05) is 7.11 Å². The lowest BCUT2D eigenvalue weighted by atomic mass is 10.0. The summed E-state index contributed by atoms with van der Waals surface area (Å²) in [6, 6.07) is 11.3. The van der Waals surface area contributed by atoms with E-state index in [2.05, 4.69) is 0 Å². The van der Waals surface area contributed by atoms with Crippen LogP contribution in [-0.2, 0) is 20.0 Å². The molecule has 1 atom stereocenters. The summed E-state index contributed by atoms with van der Waals surface area (Å²) in [7, 11) is 1.46. The summed E-state index contributed by atoms with van der Waals surface area (Å²) in [5, 5.41) is 1.74. The molecule has 0 bridgehead atoms. The number of hydrogen-bond acceptors (Lipinski definition) is 5. The van der Waals surface area contributed by atoms with E-state index in [-0.39, 0.29) is 5.97 Å². The molecule has 24 heavy (non-hydrogen) atoms. The Bertz CT molecular complexity index is 787. The van der Waals surface area contributed by atoms with Crippen molar-refractivity contribution in [3.05, 3.63) is 47.5 Å². The Kier molecular flexibility index (Phi) is 5.79. The van der Waals surface area contributed by atoms with E-state index in [9.17, 15) is 9.36 Å². The first kappa shape index (κ1) is 19.0. The summed E-state index contributed by atoms with van der Waals surface area (Å²) < 4.78 is 23.2. The minimum absolute atomic E-state index is 0.323. The van der Waals surface area contributed by atoms with Gasteiger partial charge in [0.05, 0.1) is 11.7 Å². The molecule has 0 aromatic heterocycles. The number of carbonyl (C=O) groups is 1. The summed E-state index contributed by atoms with van der Waals surface area (Å²) in [5.41, 5.74) is 0.834. The quantitative estimate of drug-likeness (QED) is 0.517. The maximum Gasteiger partial charge on any atom is 0.339 e. The van der Waals surface area contributed by atoms with Gasteiger partial charge in [0.15, 0.2) is 0 Å². The van der Waals surface area contributed by atoms with Crippen LogP contribution in [0.15, 0.2) is 36.4 Å². The average molecular weight is 366 g/mol. The summed E-state index contributed by atoms with van der Waals surface area (Å²) in [5.74, 6) is -0.356. The molecule has 1 unspecified atom stereocenters. The van der Waals surface area contributed by atoms with E-state index >= 15 is 0 Å². The summed E-state index contributed by atoms with van der Waals surface area (Å²) >= 11 is 1.23. The highest BCUT2D eigenvalue weighted by Crippen LogP contribution is 2.60. The molecule has 0 fully saturated rings. The third-order valence-corrected chi connectivity index (χ3v) is 7.87. The van der Waals surface area contributed by atoms with Gasteiger partial charge in [-0.1, -0.05) is 35.6 Å². The maximum absolute atomic E-state index is 12.5. The molecule has 0 amide bonds. The zero-order valence-corrected chi connectivity index (χ0v) is 16.4. The van der Waals surface area contributed by atoms with Crippen LogP contribution in [0.5, 0.6) is 0 Å². The van der Waals surface area contributed by atoms with Crippen molar-refractivity contribution in [3.63, 3.8) is 0 Å². The average Bonchev–Trinajstić information content (AvgIpc) is 2.52. The smallest absolute Gasteiger partial charge is 0.339 e. The van der Waals surface area contributed by atoms with Crippen molar-refractivity contribution in [1.29, 1.82) is 0 Å². The second-order valence-electron chi connectivity index (χ2n) is 6.50. The minimum atomic E-state index is -2.75. The van der Waals surface area contributed by atoms with Crippen LogP contribution in [-0.4, -0.2) is 24.9 Å². The third kappa shape index (κ3) is 4.62. The molecule has 0 heterocycles. The molecule has 0 N–H and O–H groups in total. The molecule has 2 aromatic carbocycles. The largest absolute Gasteiger partial charge is 0.456 e. The summed E-state index contributed by atoms with van der Waals surface area (Å²) in [4.78, 5) is 12.5. The Balaban J connectivity index is 2.45. The highest BCUT2D eigenvalue weighted by molar-refractivity contribution is 8.56. The van der Waals surface area contributed by atoms with Crippen molar-refractivity contribution in [2.45, 2.75) is 32.5 Å². The molecule has 0 aliphatic carbocycles. The van der Waals surface area contributed by atoms with Crippen molar-refractivity contribution < 1.29 is 18.6 Å². The van der Waals surface area contributed by atoms with Crippen LogP contribution < -0.4 is 0 Å². The highest BCUT2D eigenvalue weighted by Gasteiger charge is 2.22. The van der Waals surface area contributed by atoms with Crippen molar-refractivity contribution in [3.8, 4) is 0 Å². The fourth-order valence-corrected chi connectivity index (χ4v) is 4.69. The molecule has 4 nitrogen and oxygen atoms in total. The van der Waals surface area contributed by atoms with Gasteiger partial charge in [0.2, 0.25) is 0 Å². The molecule has 2 aromatic rings. The Labute approximate surface area is 147 Å². The standard InChI is InChI=1S/C18H23O4PS/c1-18(2,3)22-17(19)15-8-6-7-14-10-9-13(11-16(14)15)12-23(20,21-4)24-5/h6-11H,12H2,1-5H3. The SMILES string of the molecule is COP(=O)(Cc1ccc2cccc(C(=O)OC(C)(C)C)c2c1)SC. The van der Waals surface area contributed by atoms with Crippen LogP contribution in [0.25, 0.3) is 10.8 Å². The molecular weight excluding hydrogens is 343 g/mol. The second-order valence-corrected chi connectivity index (χ2v) is 11.5. The van der Waals surface area contributed by atoms with Crippen LogP contribution in [0.1, 0.15) is 36.7 Å². The van der Waals surface area contributed by atoms with Crippen LogP contribution in [0, 0.1) is 0 Å². The number of fused-ring (bicyclic) bond motifs is 1. The fraction of sp³-hybridized carbons (Fsp3) is 0.389. The van der Waals surface area contributed by atoms with E-state index in [1.54, 1.807) is 12.3 Å². The number of esters is 1. The van der Waals surface area contributed by atoms with Crippen molar-refractivity contribution in [2.24, 2.45) is 0 Å². The fourth-order valence-electron chi connectivity index (χ4n) is 2.36. The first-order valence-corrected chi connectivity index (χ1v) is 11.3. The van der Waals surface area contributed by atoms with E-state index in [4.69, 9.17) is 9.26 Å². The van der Waals surface area contributed by atoms with Gasteiger partial charge in [0.25, 0.3) is 6.57 Å². The predicted molar refractivity (Wildman–Crippen MR) is 101 cm³/mol. The van der Waals surface area contributed by atoms with Crippen molar-refractivity contribution >= 4 is 34.7 Å². The topological polar surface area (TPSA) is 52.6 Å². The van der Waals surface area contributed by atoms with E-state index in [1.807, 2.05) is 51.1 Å². The molecule has 0 spiro atoms. The first-order valence-electron chi connectivity index (χ1n) is 7.63. The predicted octanol–water partition coefficient (Wildman–Crippen LogP) is 5.50. The van der Waals surface area contributed by atoms with E-state index < -0.39 is 12.2 Å². The van der Waals surface area contributed by atoms with Gasteiger partial charge < -0.3 is 9.26 Å². The van der Waals surface area contributed by atoms with Gasteiger partial charge in [-0.15, -0.1) is 0 Å². The van der Waals surface area contributed by atoms with E-state index in [1.165, 1.54) is 18.5 Å². The van der Waals surface area contributed by atoms with Crippen LogP contribution in [0.4, 0.5) is 0 Å². The minimum Gasteiger partial charge on any atom is -0.456 e. The Morgan fingerprint density at radius 2 is 1.92 bits per heavy atom. The highest BCUT2D eigenvalue weighted by atomic mass is 32.7. The third-order valence-electron chi connectivity index (χ3n) is 3.50. The lowest BCUT2D eigenvalue weighted by molar-refractivity contribution is 0.00718. The van der Waals surface area contributed by atoms with Gasteiger partial charge in [0.1, 0.15) is 5.60 Å². The van der Waals surface area contributed by atoms with Gasteiger partial charge >= 0.3 is 5.97 Å². The van der Waals surface area contributed by atoms with Gasteiger partial charge in [-0.05, 0) is 55.5 Å². The molecule has 0 aliphatic rings. The van der Waals surface area contributed by atoms with Crippen LogP contribution >= 0.6 is 18.0 Å². The Morgan fingerprint density at radius 3 is 2.50 bits per heavy atom. The lowest BCUT2D eigenvalue weighted by Crippen LogP contribution is -2.24. The van der Waals surface area contributed by atoms with Gasteiger partial charge in [-0.2, -0.15) is 0 Å². The number of hydrogen-bond donors (Lipinski definition) is 0. The summed E-state index contributed by atoms with van der Waals surface area (Å²) in [6.07, 6.45) is 2.10. The molecule has 0 aliphatic heterocycles. The van der Waals surface area contributed by atoms with E-state index in [0.29, 0.717) is 11.7 Å². The van der Waals surface area contributed by atoms with Crippen molar-refractivity contribution in [2.75, 3.05) is 13.4 Å². The normalized spacial score (nSPS) is 14.4. The Hall–Kier alpha value is -1.29.